The number of rotatable bonds is 4. The Labute approximate surface area is 125 Å². The first-order valence-corrected chi connectivity index (χ1v) is 7.55. The highest BCUT2D eigenvalue weighted by molar-refractivity contribution is 5.36. The van der Waals surface area contributed by atoms with E-state index >= 15 is 0 Å². The van der Waals surface area contributed by atoms with Gasteiger partial charge >= 0.3 is 0 Å². The second-order valence-electron chi connectivity index (χ2n) is 5.91. The van der Waals surface area contributed by atoms with Crippen molar-refractivity contribution in [3.8, 4) is 0 Å². The fourth-order valence-electron chi connectivity index (χ4n) is 3.17. The Balaban J connectivity index is 1.86. The maximum Gasteiger partial charge on any atom is 0.0648 e. The first-order valence-electron chi connectivity index (χ1n) is 7.55. The van der Waals surface area contributed by atoms with E-state index < -0.39 is 0 Å². The fourth-order valence-corrected chi connectivity index (χ4v) is 3.17. The Kier molecular flexibility index (Phi) is 3.99. The molecule has 4 heteroatoms. The minimum atomic E-state index is 0.0682. The lowest BCUT2D eigenvalue weighted by molar-refractivity contribution is 0.544. The monoisotopic (exact) mass is 282 g/mol. The average Bonchev–Trinajstić information content (AvgIpc) is 2.95. The Morgan fingerprint density at radius 3 is 2.76 bits per heavy atom. The van der Waals surface area contributed by atoms with Crippen LogP contribution < -0.4 is 11.3 Å². The summed E-state index contributed by atoms with van der Waals surface area (Å²) in [4.78, 5) is 0. The van der Waals surface area contributed by atoms with Crippen molar-refractivity contribution >= 4 is 0 Å². The predicted molar refractivity (Wildman–Crippen MR) is 83.7 cm³/mol. The number of nitrogens with two attached hydrogens (primary N) is 1. The van der Waals surface area contributed by atoms with E-state index in [2.05, 4.69) is 39.9 Å². The number of hydrazine groups is 1. The number of fused-ring (bicyclic) bond motifs is 1. The van der Waals surface area contributed by atoms with Crippen molar-refractivity contribution in [3.63, 3.8) is 0 Å². The van der Waals surface area contributed by atoms with Crippen LogP contribution in [-0.4, -0.2) is 10.2 Å². The summed E-state index contributed by atoms with van der Waals surface area (Å²) in [7, 11) is 0. The van der Waals surface area contributed by atoms with Crippen LogP contribution >= 0.6 is 0 Å². The number of hydrogen-bond acceptors (Lipinski definition) is 4. The van der Waals surface area contributed by atoms with Gasteiger partial charge in [-0.25, -0.2) is 0 Å². The number of nitrogens with one attached hydrogen (secondary N) is 1. The number of hydrogen-bond donors (Lipinski definition) is 2. The molecule has 1 unspecified atom stereocenters. The second-order valence-corrected chi connectivity index (χ2v) is 5.91. The maximum atomic E-state index is 5.79. The van der Waals surface area contributed by atoms with Crippen molar-refractivity contribution in [2.24, 2.45) is 5.84 Å². The van der Waals surface area contributed by atoms with Gasteiger partial charge < -0.3 is 0 Å². The normalized spacial score (nSPS) is 15.0. The molecule has 3 N–H and O–H groups in total. The van der Waals surface area contributed by atoms with Gasteiger partial charge in [0, 0.05) is 0 Å². The topological polar surface area (TPSA) is 63.8 Å². The molecule has 1 aliphatic carbocycles. The van der Waals surface area contributed by atoms with Crippen molar-refractivity contribution in [3.05, 3.63) is 57.9 Å². The highest BCUT2D eigenvalue weighted by Crippen LogP contribution is 2.26. The lowest BCUT2D eigenvalue weighted by Gasteiger charge is -2.18. The quantitative estimate of drug-likeness (QED) is 0.667. The molecule has 1 aromatic heterocycles. The minimum absolute atomic E-state index is 0.0682. The van der Waals surface area contributed by atoms with Crippen LogP contribution in [0.15, 0.2) is 24.3 Å². The average molecular weight is 282 g/mol. The Morgan fingerprint density at radius 1 is 1.14 bits per heavy atom. The summed E-state index contributed by atoms with van der Waals surface area (Å²) in [6, 6.07) is 8.97. The van der Waals surface area contributed by atoms with Crippen LogP contribution in [0.25, 0.3) is 0 Å². The smallest absolute Gasteiger partial charge is 0.0648 e. The molecule has 3 rings (SSSR count). The highest BCUT2D eigenvalue weighted by atomic mass is 15.2. The van der Waals surface area contributed by atoms with E-state index in [9.17, 15) is 0 Å². The maximum absolute atomic E-state index is 5.79. The van der Waals surface area contributed by atoms with Crippen molar-refractivity contribution < 1.29 is 0 Å². The SMILES string of the molecule is Cc1cc(C(Cc2ccc3c(c2)CCC3)NN)c(C)nn1. The molecule has 0 bridgehead atoms. The minimum Gasteiger partial charge on any atom is -0.271 e. The Morgan fingerprint density at radius 2 is 1.95 bits per heavy atom. The van der Waals surface area contributed by atoms with E-state index in [1.165, 1.54) is 36.0 Å². The first kappa shape index (κ1) is 14.2. The van der Waals surface area contributed by atoms with Gasteiger partial charge in [0.25, 0.3) is 0 Å². The molecule has 110 valence electrons. The van der Waals surface area contributed by atoms with Gasteiger partial charge in [-0.15, -0.1) is 0 Å². The summed E-state index contributed by atoms with van der Waals surface area (Å²) in [5.41, 5.74) is 10.3. The van der Waals surface area contributed by atoms with Crippen molar-refractivity contribution in [2.75, 3.05) is 0 Å². The lowest BCUT2D eigenvalue weighted by atomic mass is 9.96. The third-order valence-electron chi connectivity index (χ3n) is 4.32. The van der Waals surface area contributed by atoms with E-state index in [0.29, 0.717) is 0 Å². The lowest BCUT2D eigenvalue weighted by Crippen LogP contribution is -2.30. The second kappa shape index (κ2) is 5.92. The van der Waals surface area contributed by atoms with Crippen molar-refractivity contribution in [2.45, 2.75) is 45.6 Å². The van der Waals surface area contributed by atoms with Gasteiger partial charge in [0.15, 0.2) is 0 Å². The van der Waals surface area contributed by atoms with Crippen LogP contribution in [0.2, 0.25) is 0 Å². The van der Waals surface area contributed by atoms with Gasteiger partial charge in [-0.3, -0.25) is 11.3 Å². The molecule has 1 aliphatic rings. The van der Waals surface area contributed by atoms with Crippen LogP contribution in [0, 0.1) is 13.8 Å². The zero-order chi connectivity index (χ0) is 14.8. The van der Waals surface area contributed by atoms with Gasteiger partial charge in [0.1, 0.15) is 0 Å². The number of benzene rings is 1. The molecule has 1 heterocycles. The molecule has 0 spiro atoms. The molecule has 4 nitrogen and oxygen atoms in total. The van der Waals surface area contributed by atoms with Gasteiger partial charge in [-0.05, 0) is 67.9 Å². The molecule has 1 aromatic carbocycles. The van der Waals surface area contributed by atoms with E-state index in [0.717, 1.165) is 23.4 Å². The van der Waals surface area contributed by atoms with Gasteiger partial charge in [0.2, 0.25) is 0 Å². The number of nitrogens with zero attached hydrogens (tertiary/aromatic N) is 2. The standard InChI is InChI=1S/C17H22N4/c1-11-8-16(12(2)21-20-11)17(19-18)10-13-6-7-14-4-3-5-15(14)9-13/h6-9,17,19H,3-5,10,18H2,1-2H3. The Bertz CT molecular complexity index is 651. The van der Waals surface area contributed by atoms with Crippen LogP contribution in [0.5, 0.6) is 0 Å². The van der Waals surface area contributed by atoms with Crippen LogP contribution in [0.3, 0.4) is 0 Å². The molecule has 0 fully saturated rings. The zero-order valence-corrected chi connectivity index (χ0v) is 12.7. The molecule has 0 aliphatic heterocycles. The van der Waals surface area contributed by atoms with Crippen LogP contribution in [0.1, 0.15) is 46.1 Å². The van der Waals surface area contributed by atoms with Gasteiger partial charge in [-0.1, -0.05) is 18.2 Å². The van der Waals surface area contributed by atoms with E-state index in [4.69, 9.17) is 5.84 Å². The Hall–Kier alpha value is -1.78. The fraction of sp³-hybridized carbons (Fsp3) is 0.412. The number of aryl methyl sites for hydroxylation is 4. The van der Waals surface area contributed by atoms with Crippen molar-refractivity contribution in [1.82, 2.24) is 15.6 Å². The summed E-state index contributed by atoms with van der Waals surface area (Å²) in [6.45, 7) is 3.94. The van der Waals surface area contributed by atoms with Crippen molar-refractivity contribution in [1.29, 1.82) is 0 Å². The van der Waals surface area contributed by atoms with Gasteiger partial charge in [-0.2, -0.15) is 10.2 Å². The van der Waals surface area contributed by atoms with E-state index in [1.807, 2.05) is 13.8 Å². The molecule has 0 amide bonds. The first-order chi connectivity index (χ1) is 10.2. The largest absolute Gasteiger partial charge is 0.271 e. The summed E-state index contributed by atoms with van der Waals surface area (Å²) < 4.78 is 0. The summed E-state index contributed by atoms with van der Waals surface area (Å²) in [5.74, 6) is 5.79. The molecule has 1 atom stereocenters. The predicted octanol–water partition coefficient (Wildman–Crippen LogP) is 2.33. The summed E-state index contributed by atoms with van der Waals surface area (Å²) in [5, 5.41) is 8.29. The van der Waals surface area contributed by atoms with Gasteiger partial charge in [0.05, 0.1) is 17.4 Å². The van der Waals surface area contributed by atoms with E-state index in [1.54, 1.807) is 0 Å². The summed E-state index contributed by atoms with van der Waals surface area (Å²) >= 11 is 0. The highest BCUT2D eigenvalue weighted by Gasteiger charge is 2.17. The molecule has 0 saturated heterocycles. The molecule has 0 radical (unpaired) electrons. The zero-order valence-electron chi connectivity index (χ0n) is 12.7. The summed E-state index contributed by atoms with van der Waals surface area (Å²) in [6.07, 6.45) is 4.58. The number of aromatic nitrogens is 2. The molecule has 21 heavy (non-hydrogen) atoms. The van der Waals surface area contributed by atoms with Crippen LogP contribution in [0.4, 0.5) is 0 Å². The molecule has 2 aromatic rings. The third kappa shape index (κ3) is 2.96. The third-order valence-corrected chi connectivity index (χ3v) is 4.32. The molecule has 0 saturated carbocycles. The molecular formula is C17H22N4. The van der Waals surface area contributed by atoms with E-state index in [-0.39, 0.29) is 6.04 Å². The molecular weight excluding hydrogens is 260 g/mol. The van der Waals surface area contributed by atoms with Crippen LogP contribution in [-0.2, 0) is 19.3 Å².